The predicted octanol–water partition coefficient (Wildman–Crippen LogP) is 3.20. The first-order valence-corrected chi connectivity index (χ1v) is 9.13. The van der Waals surface area contributed by atoms with E-state index in [1.807, 2.05) is 42.6 Å². The number of carbonyl (C=O) groups excluding carboxylic acids is 2. The normalized spacial score (nSPS) is 10.7. The maximum atomic E-state index is 12.4. The molecule has 1 N–H and O–H groups in total. The number of esters is 1. The molecule has 6 nitrogen and oxygen atoms in total. The van der Waals surface area contributed by atoms with Crippen LogP contribution in [0.1, 0.15) is 23.0 Å². The maximum Gasteiger partial charge on any atom is 0.354 e. The van der Waals surface area contributed by atoms with Crippen LogP contribution in [-0.2, 0) is 22.6 Å². The smallest absolute Gasteiger partial charge is 0.354 e. The maximum absolute atomic E-state index is 12.4. The lowest BCUT2D eigenvalue weighted by atomic mass is 10.2. The molecule has 3 rings (SSSR count). The molecule has 1 amide bonds. The van der Waals surface area contributed by atoms with Crippen LogP contribution in [-0.4, -0.2) is 30.2 Å². The average molecular weight is 372 g/mol. The lowest BCUT2D eigenvalue weighted by Gasteiger charge is -2.10. The van der Waals surface area contributed by atoms with E-state index >= 15 is 0 Å². The molecule has 3 aromatic rings. The first kappa shape index (κ1) is 18.0. The largest absolute Gasteiger partial charge is 0.494 e. The topological polar surface area (TPSA) is 69.6 Å². The molecule has 0 aliphatic carbocycles. The van der Waals surface area contributed by atoms with Crippen molar-refractivity contribution in [3.63, 3.8) is 0 Å². The van der Waals surface area contributed by atoms with E-state index in [-0.39, 0.29) is 12.5 Å². The molecule has 136 valence electrons. The Morgan fingerprint density at radius 1 is 1.19 bits per heavy atom. The van der Waals surface area contributed by atoms with Crippen LogP contribution in [0.5, 0.6) is 5.75 Å². The van der Waals surface area contributed by atoms with Crippen molar-refractivity contribution in [2.45, 2.75) is 20.0 Å². The second-order valence-electron chi connectivity index (χ2n) is 5.64. The zero-order chi connectivity index (χ0) is 18.5. The third-order valence-electron chi connectivity index (χ3n) is 3.92. The van der Waals surface area contributed by atoms with E-state index in [0.717, 1.165) is 21.5 Å². The molecule has 0 atom stereocenters. The molecule has 0 bridgehead atoms. The van der Waals surface area contributed by atoms with E-state index in [4.69, 9.17) is 9.47 Å². The summed E-state index contributed by atoms with van der Waals surface area (Å²) in [7, 11) is 1.33. The lowest BCUT2D eigenvalue weighted by molar-refractivity contribution is -0.121. The third-order valence-corrected chi connectivity index (χ3v) is 4.87. The van der Waals surface area contributed by atoms with Gasteiger partial charge in [0.05, 0.1) is 13.7 Å². The number of amides is 1. The number of benzene rings is 1. The minimum absolute atomic E-state index is 0.0610. The fraction of sp³-hybridized carbons (Fsp3) is 0.263. The van der Waals surface area contributed by atoms with Gasteiger partial charge in [-0.15, -0.1) is 11.3 Å². The highest BCUT2D eigenvalue weighted by molar-refractivity contribution is 7.16. The Balaban J connectivity index is 1.67. The summed E-state index contributed by atoms with van der Waals surface area (Å²) < 4.78 is 11.9. The van der Waals surface area contributed by atoms with Gasteiger partial charge in [-0.2, -0.15) is 0 Å². The molecule has 0 saturated heterocycles. The zero-order valence-corrected chi connectivity index (χ0v) is 15.5. The number of fused-ring (bicyclic) bond motifs is 1. The second-order valence-corrected chi connectivity index (χ2v) is 6.54. The standard InChI is InChI=1S/C19H20N2O4S/c1-3-25-15-6-4-13(5-7-15)11-20-17(22)12-21-16(19(23)24-2)10-14-8-9-26-18(14)21/h4-10H,3,11-12H2,1-2H3,(H,20,22). The number of nitrogens with zero attached hydrogens (tertiary/aromatic N) is 1. The number of ether oxygens (including phenoxy) is 2. The molecule has 0 unspecified atom stereocenters. The molecule has 7 heteroatoms. The number of nitrogens with one attached hydrogen (secondary N) is 1. The fourth-order valence-electron chi connectivity index (χ4n) is 2.68. The number of carbonyl (C=O) groups is 2. The van der Waals surface area contributed by atoms with Crippen LogP contribution < -0.4 is 10.1 Å². The molecule has 26 heavy (non-hydrogen) atoms. The van der Waals surface area contributed by atoms with E-state index in [1.54, 1.807) is 10.6 Å². The quantitative estimate of drug-likeness (QED) is 0.647. The summed E-state index contributed by atoms with van der Waals surface area (Å²) in [4.78, 5) is 25.2. The van der Waals surface area contributed by atoms with Gasteiger partial charge in [-0.3, -0.25) is 4.79 Å². The van der Waals surface area contributed by atoms with Gasteiger partial charge in [-0.1, -0.05) is 12.1 Å². The van der Waals surface area contributed by atoms with Crippen LogP contribution in [0.4, 0.5) is 0 Å². The van der Waals surface area contributed by atoms with Gasteiger partial charge in [-0.05, 0) is 42.1 Å². The molecular formula is C19H20N2O4S. The number of hydrogen-bond acceptors (Lipinski definition) is 5. The first-order chi connectivity index (χ1) is 12.6. The molecule has 0 saturated carbocycles. The van der Waals surface area contributed by atoms with Gasteiger partial charge in [0.1, 0.15) is 22.8 Å². The second kappa shape index (κ2) is 8.05. The Bertz CT molecular complexity index is 911. The Labute approximate surface area is 155 Å². The van der Waals surface area contributed by atoms with Crippen LogP contribution in [0.3, 0.4) is 0 Å². The summed E-state index contributed by atoms with van der Waals surface area (Å²) in [5, 5.41) is 5.74. The van der Waals surface area contributed by atoms with Crippen LogP contribution in [0, 0.1) is 0 Å². The van der Waals surface area contributed by atoms with E-state index in [1.165, 1.54) is 18.4 Å². The Morgan fingerprint density at radius 2 is 1.96 bits per heavy atom. The van der Waals surface area contributed by atoms with E-state index in [2.05, 4.69) is 5.32 Å². The summed E-state index contributed by atoms with van der Waals surface area (Å²) in [6, 6.07) is 11.2. The van der Waals surface area contributed by atoms with Gasteiger partial charge in [0.15, 0.2) is 0 Å². The summed E-state index contributed by atoms with van der Waals surface area (Å²) in [6.07, 6.45) is 0. The first-order valence-electron chi connectivity index (χ1n) is 8.26. The minimum Gasteiger partial charge on any atom is -0.494 e. The summed E-state index contributed by atoms with van der Waals surface area (Å²) in [6.45, 7) is 3.02. The number of hydrogen-bond donors (Lipinski definition) is 1. The van der Waals surface area contributed by atoms with Crippen molar-refractivity contribution >= 4 is 33.4 Å². The van der Waals surface area contributed by atoms with Crippen molar-refractivity contribution in [1.82, 2.24) is 9.88 Å². The van der Waals surface area contributed by atoms with Crippen molar-refractivity contribution in [1.29, 1.82) is 0 Å². The zero-order valence-electron chi connectivity index (χ0n) is 14.7. The summed E-state index contributed by atoms with van der Waals surface area (Å²) >= 11 is 1.49. The van der Waals surface area contributed by atoms with Crippen molar-refractivity contribution in [3.8, 4) is 5.75 Å². The highest BCUT2D eigenvalue weighted by atomic mass is 32.1. The SMILES string of the molecule is CCOc1ccc(CNC(=O)Cn2c(C(=O)OC)cc3ccsc32)cc1. The number of rotatable bonds is 7. The monoisotopic (exact) mass is 372 g/mol. The highest BCUT2D eigenvalue weighted by Gasteiger charge is 2.18. The van der Waals surface area contributed by atoms with Crippen molar-refractivity contribution < 1.29 is 19.1 Å². The highest BCUT2D eigenvalue weighted by Crippen LogP contribution is 2.25. The van der Waals surface area contributed by atoms with Crippen molar-refractivity contribution in [2.24, 2.45) is 0 Å². The number of aromatic nitrogens is 1. The van der Waals surface area contributed by atoms with Gasteiger partial charge in [0, 0.05) is 11.9 Å². The van der Waals surface area contributed by atoms with E-state index < -0.39 is 5.97 Å². The van der Waals surface area contributed by atoms with Gasteiger partial charge >= 0.3 is 5.97 Å². The van der Waals surface area contributed by atoms with E-state index in [0.29, 0.717) is 18.8 Å². The third kappa shape index (κ3) is 3.88. The summed E-state index contributed by atoms with van der Waals surface area (Å²) in [5.41, 5.74) is 1.36. The Hall–Kier alpha value is -2.80. The molecule has 0 radical (unpaired) electrons. The van der Waals surface area contributed by atoms with Crippen molar-refractivity contribution in [2.75, 3.05) is 13.7 Å². The van der Waals surface area contributed by atoms with Crippen LogP contribution in [0.25, 0.3) is 10.2 Å². The molecule has 0 fully saturated rings. The molecule has 2 aromatic heterocycles. The van der Waals surface area contributed by atoms with Crippen molar-refractivity contribution in [3.05, 3.63) is 53.0 Å². The minimum atomic E-state index is -0.451. The fourth-order valence-corrected chi connectivity index (χ4v) is 3.57. The van der Waals surface area contributed by atoms with Gasteiger partial charge < -0.3 is 19.4 Å². The van der Waals surface area contributed by atoms with Crippen LogP contribution >= 0.6 is 11.3 Å². The molecule has 0 spiro atoms. The lowest BCUT2D eigenvalue weighted by Crippen LogP contribution is -2.28. The van der Waals surface area contributed by atoms with Gasteiger partial charge in [-0.25, -0.2) is 4.79 Å². The van der Waals surface area contributed by atoms with Crippen LogP contribution in [0.15, 0.2) is 41.8 Å². The number of methoxy groups -OCH3 is 1. The Morgan fingerprint density at radius 3 is 2.65 bits per heavy atom. The molecule has 1 aromatic carbocycles. The van der Waals surface area contributed by atoms with Crippen LogP contribution in [0.2, 0.25) is 0 Å². The summed E-state index contributed by atoms with van der Waals surface area (Å²) in [5.74, 6) is 0.181. The van der Waals surface area contributed by atoms with Gasteiger partial charge in [0.25, 0.3) is 0 Å². The van der Waals surface area contributed by atoms with E-state index in [9.17, 15) is 9.59 Å². The molecule has 0 aliphatic heterocycles. The molecule has 2 heterocycles. The van der Waals surface area contributed by atoms with Gasteiger partial charge in [0.2, 0.25) is 5.91 Å². The molecular weight excluding hydrogens is 352 g/mol. The Kier molecular flexibility index (Phi) is 5.58. The molecule has 0 aliphatic rings. The number of thiophene rings is 1. The average Bonchev–Trinajstić information content (AvgIpc) is 3.23. The predicted molar refractivity (Wildman–Crippen MR) is 101 cm³/mol.